The number of hydrogen-bond acceptors (Lipinski definition) is 4. The number of nitrogens with one attached hydrogen (secondary N) is 1. The van der Waals surface area contributed by atoms with Crippen LogP contribution in [0.25, 0.3) is 0 Å². The Labute approximate surface area is 151 Å². The van der Waals surface area contributed by atoms with Gasteiger partial charge in [-0.15, -0.1) is 0 Å². The van der Waals surface area contributed by atoms with Crippen LogP contribution >= 0.6 is 0 Å². The standard InChI is InChI=1S/C19H22F2N2O3/c1-19(2,3)26-10-9-25-17-8-7-13(11-22-17)18(24)23-12-14-15(20)5-4-6-16(14)21/h4-8,11H,9-10,12H2,1-3H3,(H,23,24). The monoisotopic (exact) mass is 364 g/mol. The van der Waals surface area contributed by atoms with Crippen LogP contribution in [0.15, 0.2) is 36.5 Å². The third-order valence-electron chi connectivity index (χ3n) is 3.35. The quantitative estimate of drug-likeness (QED) is 0.764. The Hall–Kier alpha value is -2.54. The molecule has 1 heterocycles. The van der Waals surface area contributed by atoms with Crippen molar-refractivity contribution < 1.29 is 23.0 Å². The predicted molar refractivity (Wildman–Crippen MR) is 93.0 cm³/mol. The summed E-state index contributed by atoms with van der Waals surface area (Å²) < 4.78 is 38.1. The minimum absolute atomic E-state index is 0.187. The van der Waals surface area contributed by atoms with E-state index in [-0.39, 0.29) is 23.3 Å². The number of hydrogen-bond donors (Lipinski definition) is 1. The van der Waals surface area contributed by atoms with Crippen LogP contribution in [0.1, 0.15) is 36.7 Å². The lowest BCUT2D eigenvalue weighted by molar-refractivity contribution is -0.0168. The fraction of sp³-hybridized carbons (Fsp3) is 0.368. The first-order valence-electron chi connectivity index (χ1n) is 8.20. The Kier molecular flexibility index (Phi) is 6.63. The second kappa shape index (κ2) is 8.71. The smallest absolute Gasteiger partial charge is 0.253 e. The number of carbonyl (C=O) groups excluding carboxylic acids is 1. The molecule has 26 heavy (non-hydrogen) atoms. The molecule has 0 saturated heterocycles. The maximum absolute atomic E-state index is 13.5. The van der Waals surface area contributed by atoms with E-state index in [1.165, 1.54) is 18.3 Å². The molecule has 2 rings (SSSR count). The highest BCUT2D eigenvalue weighted by Crippen LogP contribution is 2.13. The molecule has 0 aliphatic carbocycles. The van der Waals surface area contributed by atoms with E-state index < -0.39 is 17.5 Å². The number of aromatic nitrogens is 1. The summed E-state index contributed by atoms with van der Waals surface area (Å²) >= 11 is 0. The fourth-order valence-corrected chi connectivity index (χ4v) is 2.07. The number of rotatable bonds is 7. The van der Waals surface area contributed by atoms with Crippen molar-refractivity contribution in [3.8, 4) is 5.88 Å². The molecule has 1 N–H and O–H groups in total. The summed E-state index contributed by atoms with van der Waals surface area (Å²) in [4.78, 5) is 16.1. The molecule has 140 valence electrons. The third-order valence-corrected chi connectivity index (χ3v) is 3.35. The summed E-state index contributed by atoms with van der Waals surface area (Å²) in [6.45, 7) is 6.35. The second-order valence-electron chi connectivity index (χ2n) is 6.58. The Morgan fingerprint density at radius 1 is 1.12 bits per heavy atom. The number of nitrogens with zero attached hydrogens (tertiary/aromatic N) is 1. The maximum atomic E-state index is 13.5. The van der Waals surface area contributed by atoms with E-state index in [4.69, 9.17) is 9.47 Å². The SMILES string of the molecule is CC(C)(C)OCCOc1ccc(C(=O)NCc2c(F)cccc2F)cn1. The van der Waals surface area contributed by atoms with Gasteiger partial charge < -0.3 is 14.8 Å². The second-order valence-corrected chi connectivity index (χ2v) is 6.58. The van der Waals surface area contributed by atoms with Crippen molar-refractivity contribution in [1.82, 2.24) is 10.3 Å². The molecule has 2 aromatic rings. The van der Waals surface area contributed by atoms with Crippen LogP contribution in [0.4, 0.5) is 8.78 Å². The summed E-state index contributed by atoms with van der Waals surface area (Å²) in [5, 5.41) is 2.47. The van der Waals surface area contributed by atoms with Gasteiger partial charge in [-0.1, -0.05) is 6.07 Å². The highest BCUT2D eigenvalue weighted by molar-refractivity contribution is 5.93. The van der Waals surface area contributed by atoms with Gasteiger partial charge in [0.25, 0.3) is 5.91 Å². The Balaban J connectivity index is 1.84. The average Bonchev–Trinajstić information content (AvgIpc) is 2.58. The highest BCUT2D eigenvalue weighted by atomic mass is 19.1. The van der Waals surface area contributed by atoms with Crippen LogP contribution in [0.2, 0.25) is 0 Å². The zero-order chi connectivity index (χ0) is 19.2. The van der Waals surface area contributed by atoms with Gasteiger partial charge in [0.05, 0.1) is 17.8 Å². The van der Waals surface area contributed by atoms with E-state index in [9.17, 15) is 13.6 Å². The summed E-state index contributed by atoms with van der Waals surface area (Å²) in [5.74, 6) is -1.53. The molecule has 0 radical (unpaired) electrons. The molecular weight excluding hydrogens is 342 g/mol. The van der Waals surface area contributed by atoms with Gasteiger partial charge in [0.2, 0.25) is 5.88 Å². The summed E-state index contributed by atoms with van der Waals surface area (Å²) in [6, 6.07) is 6.63. The lowest BCUT2D eigenvalue weighted by atomic mass is 10.2. The van der Waals surface area contributed by atoms with Crippen molar-refractivity contribution in [1.29, 1.82) is 0 Å². The van der Waals surface area contributed by atoms with Gasteiger partial charge in [-0.3, -0.25) is 4.79 Å². The molecule has 0 aliphatic heterocycles. The lowest BCUT2D eigenvalue weighted by Gasteiger charge is -2.19. The van der Waals surface area contributed by atoms with Gasteiger partial charge in [0.15, 0.2) is 0 Å². The van der Waals surface area contributed by atoms with Crippen LogP contribution < -0.4 is 10.1 Å². The first kappa shape index (κ1) is 19.8. The van der Waals surface area contributed by atoms with E-state index in [0.29, 0.717) is 19.1 Å². The Bertz CT molecular complexity index is 723. The van der Waals surface area contributed by atoms with Gasteiger partial charge in [-0.25, -0.2) is 13.8 Å². The first-order chi connectivity index (χ1) is 12.3. The molecule has 0 saturated carbocycles. The van der Waals surface area contributed by atoms with Gasteiger partial charge in [0, 0.05) is 24.4 Å². The van der Waals surface area contributed by atoms with Crippen molar-refractivity contribution >= 4 is 5.91 Å². The zero-order valence-corrected chi connectivity index (χ0v) is 15.0. The first-order valence-corrected chi connectivity index (χ1v) is 8.20. The van der Waals surface area contributed by atoms with Crippen LogP contribution in [-0.4, -0.2) is 29.7 Å². The Morgan fingerprint density at radius 3 is 2.38 bits per heavy atom. The van der Waals surface area contributed by atoms with E-state index in [0.717, 1.165) is 12.1 Å². The molecule has 0 bridgehead atoms. The predicted octanol–water partition coefficient (Wildman–Crippen LogP) is 3.48. The topological polar surface area (TPSA) is 60.5 Å². The number of ether oxygens (including phenoxy) is 2. The number of amides is 1. The molecule has 5 nitrogen and oxygen atoms in total. The summed E-state index contributed by atoms with van der Waals surface area (Å²) in [7, 11) is 0. The van der Waals surface area contributed by atoms with Crippen molar-refractivity contribution in [2.45, 2.75) is 32.9 Å². The number of carbonyl (C=O) groups is 1. The molecule has 1 aromatic heterocycles. The molecule has 0 aliphatic rings. The molecule has 0 spiro atoms. The molecule has 1 aromatic carbocycles. The number of pyridine rings is 1. The van der Waals surface area contributed by atoms with E-state index in [2.05, 4.69) is 10.3 Å². The molecular formula is C19H22F2N2O3. The fourth-order valence-electron chi connectivity index (χ4n) is 2.07. The van der Waals surface area contributed by atoms with Crippen molar-refractivity contribution in [3.05, 3.63) is 59.3 Å². The zero-order valence-electron chi connectivity index (χ0n) is 15.0. The third kappa shape index (κ3) is 6.07. The van der Waals surface area contributed by atoms with E-state index in [1.54, 1.807) is 6.07 Å². The van der Waals surface area contributed by atoms with E-state index in [1.807, 2.05) is 20.8 Å². The van der Waals surface area contributed by atoms with Gasteiger partial charge in [-0.05, 0) is 39.0 Å². The van der Waals surface area contributed by atoms with E-state index >= 15 is 0 Å². The van der Waals surface area contributed by atoms with Gasteiger partial charge >= 0.3 is 0 Å². The van der Waals surface area contributed by atoms with Crippen LogP contribution in [0, 0.1) is 11.6 Å². The van der Waals surface area contributed by atoms with Gasteiger partial charge in [-0.2, -0.15) is 0 Å². The van der Waals surface area contributed by atoms with Crippen LogP contribution in [-0.2, 0) is 11.3 Å². The normalized spacial score (nSPS) is 11.3. The molecule has 7 heteroatoms. The van der Waals surface area contributed by atoms with Crippen molar-refractivity contribution in [3.63, 3.8) is 0 Å². The van der Waals surface area contributed by atoms with Gasteiger partial charge in [0.1, 0.15) is 18.2 Å². The highest BCUT2D eigenvalue weighted by Gasteiger charge is 2.12. The number of halogens is 2. The Morgan fingerprint density at radius 2 is 1.81 bits per heavy atom. The summed E-state index contributed by atoms with van der Waals surface area (Å²) in [5.41, 5.74) is -0.163. The van der Waals surface area contributed by atoms with Crippen molar-refractivity contribution in [2.75, 3.05) is 13.2 Å². The lowest BCUT2D eigenvalue weighted by Crippen LogP contribution is -2.24. The summed E-state index contributed by atoms with van der Waals surface area (Å²) in [6.07, 6.45) is 1.34. The maximum Gasteiger partial charge on any atom is 0.253 e. The molecule has 0 fully saturated rings. The van der Waals surface area contributed by atoms with Crippen molar-refractivity contribution in [2.24, 2.45) is 0 Å². The molecule has 0 unspecified atom stereocenters. The minimum atomic E-state index is -0.704. The largest absolute Gasteiger partial charge is 0.475 e. The minimum Gasteiger partial charge on any atom is -0.475 e. The van der Waals surface area contributed by atoms with Crippen LogP contribution in [0.5, 0.6) is 5.88 Å². The molecule has 0 atom stereocenters. The number of benzene rings is 1. The van der Waals surface area contributed by atoms with Crippen LogP contribution in [0.3, 0.4) is 0 Å². The molecule has 1 amide bonds. The average molecular weight is 364 g/mol.